The summed E-state index contributed by atoms with van der Waals surface area (Å²) < 4.78 is 10.5. The first-order chi connectivity index (χ1) is 13.6. The van der Waals surface area contributed by atoms with E-state index in [-0.39, 0.29) is 11.8 Å². The summed E-state index contributed by atoms with van der Waals surface area (Å²) in [7, 11) is 3.15. The number of methoxy groups -OCH3 is 2. The monoisotopic (exact) mass is 380 g/mol. The van der Waals surface area contributed by atoms with Gasteiger partial charge in [-0.3, -0.25) is 9.59 Å². The second-order valence-corrected chi connectivity index (χ2v) is 6.51. The molecule has 6 nitrogen and oxygen atoms in total. The minimum atomic E-state index is -0.316. The fraction of sp³-hybridized carbons (Fsp3) is 0.273. The molecule has 146 valence electrons. The zero-order valence-electron chi connectivity index (χ0n) is 16.1. The number of carbonyl (C=O) groups is 2. The number of hydrogen-bond acceptors (Lipinski definition) is 4. The molecule has 0 bridgehead atoms. The number of nitrogens with zero attached hydrogens (tertiary/aromatic N) is 1. The molecule has 0 unspecified atom stereocenters. The van der Waals surface area contributed by atoms with Crippen molar-refractivity contribution in [3.63, 3.8) is 0 Å². The first-order valence-electron chi connectivity index (χ1n) is 9.21. The third kappa shape index (κ3) is 4.71. The van der Waals surface area contributed by atoms with Gasteiger partial charge in [0.2, 0.25) is 5.91 Å². The van der Waals surface area contributed by atoms with Gasteiger partial charge in [-0.1, -0.05) is 12.1 Å². The van der Waals surface area contributed by atoms with E-state index in [9.17, 15) is 9.59 Å². The normalized spacial score (nSPS) is 13.6. The number of nitrogens with one attached hydrogen (secondary N) is 1. The Morgan fingerprint density at radius 3 is 2.29 bits per heavy atom. The van der Waals surface area contributed by atoms with Crippen LogP contribution in [0.4, 0.5) is 5.69 Å². The topological polar surface area (TPSA) is 67.9 Å². The number of ether oxygens (including phenoxy) is 2. The van der Waals surface area contributed by atoms with Crippen molar-refractivity contribution in [1.29, 1.82) is 0 Å². The van der Waals surface area contributed by atoms with Crippen LogP contribution in [0, 0.1) is 0 Å². The largest absolute Gasteiger partial charge is 0.497 e. The van der Waals surface area contributed by atoms with Gasteiger partial charge in [-0.25, -0.2) is 0 Å². The number of para-hydroxylation sites is 1. The number of anilines is 1. The lowest BCUT2D eigenvalue weighted by molar-refractivity contribution is -0.111. The minimum absolute atomic E-state index is 0.0464. The average Bonchev–Trinajstić information content (AvgIpc) is 3.26. The van der Waals surface area contributed by atoms with Crippen molar-refractivity contribution >= 4 is 23.6 Å². The van der Waals surface area contributed by atoms with Crippen LogP contribution in [0.25, 0.3) is 6.08 Å². The molecule has 1 saturated heterocycles. The van der Waals surface area contributed by atoms with Gasteiger partial charge in [0.25, 0.3) is 5.91 Å². The van der Waals surface area contributed by atoms with E-state index < -0.39 is 0 Å². The van der Waals surface area contributed by atoms with Gasteiger partial charge >= 0.3 is 0 Å². The maximum Gasteiger partial charge on any atom is 0.255 e. The number of carbonyl (C=O) groups excluding carboxylic acids is 2. The van der Waals surface area contributed by atoms with Gasteiger partial charge in [0.15, 0.2) is 0 Å². The fourth-order valence-electron chi connectivity index (χ4n) is 3.14. The van der Waals surface area contributed by atoms with E-state index in [0.717, 1.165) is 31.5 Å². The Morgan fingerprint density at radius 2 is 1.64 bits per heavy atom. The third-order valence-electron chi connectivity index (χ3n) is 4.61. The third-order valence-corrected chi connectivity index (χ3v) is 4.61. The highest BCUT2D eigenvalue weighted by Gasteiger charge is 2.21. The standard InChI is InChI=1S/C22H24N2O4/c1-27-17-13-16(14-18(15-17)28-2)9-10-21(25)23-20-8-4-3-7-19(20)22(26)24-11-5-6-12-24/h3-4,7-10,13-15H,5-6,11-12H2,1-2H3,(H,23,25)/b10-9-. The Bertz CT molecular complexity index is 864. The van der Waals surface area contributed by atoms with E-state index in [1.54, 1.807) is 62.8 Å². The molecule has 0 radical (unpaired) electrons. The summed E-state index contributed by atoms with van der Waals surface area (Å²) in [5.74, 6) is 0.917. The number of amides is 2. The van der Waals surface area contributed by atoms with Gasteiger partial charge in [-0.05, 0) is 48.7 Å². The van der Waals surface area contributed by atoms with Crippen molar-refractivity contribution in [2.75, 3.05) is 32.6 Å². The number of benzene rings is 2. The fourth-order valence-corrected chi connectivity index (χ4v) is 3.14. The molecule has 2 aromatic carbocycles. The van der Waals surface area contributed by atoms with Crippen LogP contribution >= 0.6 is 0 Å². The average molecular weight is 380 g/mol. The van der Waals surface area contributed by atoms with E-state index in [1.165, 1.54) is 6.08 Å². The van der Waals surface area contributed by atoms with Gasteiger partial charge in [0.05, 0.1) is 25.5 Å². The van der Waals surface area contributed by atoms with Gasteiger partial charge in [0, 0.05) is 25.2 Å². The Morgan fingerprint density at radius 1 is 1.00 bits per heavy atom. The summed E-state index contributed by atoms with van der Waals surface area (Å²) >= 11 is 0. The first-order valence-corrected chi connectivity index (χ1v) is 9.21. The predicted molar refractivity (Wildman–Crippen MR) is 109 cm³/mol. The van der Waals surface area contributed by atoms with Crippen molar-refractivity contribution in [3.05, 3.63) is 59.7 Å². The molecule has 28 heavy (non-hydrogen) atoms. The molecule has 0 aromatic heterocycles. The summed E-state index contributed by atoms with van der Waals surface area (Å²) in [6.07, 6.45) is 5.14. The molecule has 0 spiro atoms. The van der Waals surface area contributed by atoms with Crippen molar-refractivity contribution in [1.82, 2.24) is 4.90 Å². The lowest BCUT2D eigenvalue weighted by Gasteiger charge is -2.17. The van der Waals surface area contributed by atoms with E-state index in [4.69, 9.17) is 9.47 Å². The molecule has 3 rings (SSSR count). The van der Waals surface area contributed by atoms with E-state index in [2.05, 4.69) is 5.32 Å². The highest BCUT2D eigenvalue weighted by atomic mass is 16.5. The molecule has 2 amide bonds. The van der Waals surface area contributed by atoms with Crippen LogP contribution in [0.3, 0.4) is 0 Å². The summed E-state index contributed by atoms with van der Waals surface area (Å²) in [4.78, 5) is 26.9. The summed E-state index contributed by atoms with van der Waals surface area (Å²) in [5, 5.41) is 2.81. The van der Waals surface area contributed by atoms with Gasteiger partial charge in [0.1, 0.15) is 11.5 Å². The van der Waals surface area contributed by atoms with Crippen molar-refractivity contribution < 1.29 is 19.1 Å². The van der Waals surface area contributed by atoms with Gasteiger partial charge in [-0.15, -0.1) is 0 Å². The molecule has 0 saturated carbocycles. The SMILES string of the molecule is COc1cc(/C=C\C(=O)Nc2ccccc2C(=O)N2CCCC2)cc(OC)c1. The maximum absolute atomic E-state index is 12.7. The Labute approximate surface area is 164 Å². The first kappa shape index (κ1) is 19.5. The van der Waals surface area contributed by atoms with E-state index in [1.807, 2.05) is 4.90 Å². The number of likely N-dealkylation sites (tertiary alicyclic amines) is 1. The van der Waals surface area contributed by atoms with Crippen LogP contribution in [0.1, 0.15) is 28.8 Å². The van der Waals surface area contributed by atoms with Crippen LogP contribution in [0.15, 0.2) is 48.5 Å². The molecular formula is C22H24N2O4. The minimum Gasteiger partial charge on any atom is -0.497 e. The molecule has 1 fully saturated rings. The smallest absolute Gasteiger partial charge is 0.255 e. The van der Waals surface area contributed by atoms with E-state index in [0.29, 0.717) is 22.7 Å². The number of hydrogen-bond donors (Lipinski definition) is 1. The Balaban J connectivity index is 1.73. The highest BCUT2D eigenvalue weighted by Crippen LogP contribution is 2.24. The van der Waals surface area contributed by atoms with Gasteiger partial charge < -0.3 is 19.7 Å². The second kappa shape index (κ2) is 9.08. The second-order valence-electron chi connectivity index (χ2n) is 6.51. The molecule has 1 heterocycles. The lowest BCUT2D eigenvalue weighted by atomic mass is 10.1. The summed E-state index contributed by atoms with van der Waals surface area (Å²) in [5.41, 5.74) is 1.79. The quantitative estimate of drug-likeness (QED) is 0.778. The Kier molecular flexibility index (Phi) is 6.32. The summed E-state index contributed by atoms with van der Waals surface area (Å²) in [6.45, 7) is 1.53. The Hall–Kier alpha value is -3.28. The number of rotatable bonds is 6. The van der Waals surface area contributed by atoms with Crippen LogP contribution in [-0.2, 0) is 4.79 Å². The molecule has 1 aliphatic heterocycles. The predicted octanol–water partition coefficient (Wildman–Crippen LogP) is 3.59. The van der Waals surface area contributed by atoms with E-state index >= 15 is 0 Å². The van der Waals surface area contributed by atoms with Crippen LogP contribution in [0.2, 0.25) is 0 Å². The molecule has 1 N–H and O–H groups in total. The molecule has 0 atom stereocenters. The molecule has 2 aromatic rings. The van der Waals surface area contributed by atoms with Crippen LogP contribution < -0.4 is 14.8 Å². The zero-order valence-corrected chi connectivity index (χ0v) is 16.1. The summed E-state index contributed by atoms with van der Waals surface area (Å²) in [6, 6.07) is 12.5. The zero-order chi connectivity index (χ0) is 19.9. The molecule has 6 heteroatoms. The maximum atomic E-state index is 12.7. The van der Waals surface area contributed by atoms with Crippen molar-refractivity contribution in [2.45, 2.75) is 12.8 Å². The highest BCUT2D eigenvalue weighted by molar-refractivity contribution is 6.07. The molecule has 1 aliphatic rings. The van der Waals surface area contributed by atoms with Crippen molar-refractivity contribution in [2.24, 2.45) is 0 Å². The molecule has 0 aliphatic carbocycles. The molecular weight excluding hydrogens is 356 g/mol. The van der Waals surface area contributed by atoms with Crippen molar-refractivity contribution in [3.8, 4) is 11.5 Å². The van der Waals surface area contributed by atoms with Crippen LogP contribution in [0.5, 0.6) is 11.5 Å². The van der Waals surface area contributed by atoms with Crippen LogP contribution in [-0.4, -0.2) is 44.0 Å². The lowest BCUT2D eigenvalue weighted by Crippen LogP contribution is -2.28. The van der Waals surface area contributed by atoms with Gasteiger partial charge in [-0.2, -0.15) is 0 Å².